The molecule has 132 valence electrons. The van der Waals surface area contributed by atoms with Crippen LogP contribution in [-0.2, 0) is 20.0 Å². The molecule has 0 aromatic heterocycles. The zero-order valence-electron chi connectivity index (χ0n) is 14.4. The van der Waals surface area contributed by atoms with Gasteiger partial charge in [0.25, 0.3) is 0 Å². The third-order valence-electron chi connectivity index (χ3n) is 3.30. The molecule has 0 spiro atoms. The van der Waals surface area contributed by atoms with Crippen LogP contribution in [0, 0.1) is 12.2 Å². The van der Waals surface area contributed by atoms with E-state index in [1.54, 1.807) is 0 Å². The zero-order valence-corrected chi connectivity index (χ0v) is 17.5. The first-order chi connectivity index (χ1) is 11.9. The van der Waals surface area contributed by atoms with Gasteiger partial charge in [-0.3, -0.25) is 12.2 Å². The summed E-state index contributed by atoms with van der Waals surface area (Å²) in [5.74, 6) is 0. The first kappa shape index (κ1) is 24.6. The van der Waals surface area contributed by atoms with E-state index in [2.05, 4.69) is 92.8 Å². The van der Waals surface area contributed by atoms with E-state index >= 15 is 0 Å². The van der Waals surface area contributed by atoms with E-state index in [9.17, 15) is 0 Å². The number of hydrogen-bond donors (Lipinski definition) is 0. The van der Waals surface area contributed by atoms with Crippen LogP contribution in [0.1, 0.15) is 24.0 Å². The molecule has 0 saturated heterocycles. The van der Waals surface area contributed by atoms with E-state index in [0.29, 0.717) is 0 Å². The summed E-state index contributed by atoms with van der Waals surface area (Å²) < 4.78 is 1.33. The molecule has 0 nitrogen and oxygen atoms in total. The van der Waals surface area contributed by atoms with E-state index in [4.69, 9.17) is 0 Å². The monoisotopic (exact) mass is 414 g/mol. The molecule has 0 aliphatic heterocycles. The normalized spacial score (nSPS) is 12.1. The van der Waals surface area contributed by atoms with Gasteiger partial charge in [0.2, 0.25) is 0 Å². The zero-order chi connectivity index (χ0) is 16.9. The predicted octanol–water partition coefficient (Wildman–Crippen LogP) is -0.578. The number of rotatable bonds is 2. The van der Waals surface area contributed by atoms with Gasteiger partial charge in [-0.05, 0) is 0 Å². The van der Waals surface area contributed by atoms with E-state index in [0.717, 1.165) is 12.8 Å². The topological polar surface area (TPSA) is 0 Å². The molecule has 0 N–H and O–H groups in total. The molecule has 0 atom stereocenters. The van der Waals surface area contributed by atoms with Crippen molar-refractivity contribution in [2.45, 2.75) is 12.8 Å². The van der Waals surface area contributed by atoms with Crippen molar-refractivity contribution < 1.29 is 44.8 Å². The molecule has 0 fully saturated rings. The van der Waals surface area contributed by atoms with E-state index < -0.39 is 0 Å². The number of allylic oxidation sites excluding steroid dienone is 8. The van der Waals surface area contributed by atoms with Crippen LogP contribution in [0.4, 0.5) is 0 Å². The van der Waals surface area contributed by atoms with Crippen molar-refractivity contribution in [2.75, 3.05) is 0 Å². The molecule has 0 saturated carbocycles. The average Bonchev–Trinajstić information content (AvgIpc) is 3.41. The van der Waals surface area contributed by atoms with Gasteiger partial charge in [-0.15, -0.1) is 12.8 Å². The van der Waals surface area contributed by atoms with Gasteiger partial charge < -0.3 is 24.8 Å². The molecular weight excluding hydrogens is 395 g/mol. The van der Waals surface area contributed by atoms with E-state index in [-0.39, 0.29) is 24.8 Å². The Morgan fingerprint density at radius 1 is 0.654 bits per heavy atom. The van der Waals surface area contributed by atoms with Crippen LogP contribution in [0.3, 0.4) is 0 Å². The summed E-state index contributed by atoms with van der Waals surface area (Å²) in [5, 5.41) is 0. The Labute approximate surface area is 181 Å². The van der Waals surface area contributed by atoms with E-state index in [1.165, 1.54) is 14.9 Å². The van der Waals surface area contributed by atoms with Gasteiger partial charge in [-0.2, -0.15) is 12.2 Å². The Hall–Kier alpha value is -1.44. The Bertz CT molecular complexity index is 646. The van der Waals surface area contributed by atoms with Gasteiger partial charge in [-0.25, -0.2) is 24.3 Å². The van der Waals surface area contributed by atoms with Crippen molar-refractivity contribution in [1.82, 2.24) is 0 Å². The summed E-state index contributed by atoms with van der Waals surface area (Å²) in [6, 6.07) is 20.9. The Balaban J connectivity index is 0.000000432. The van der Waals surface area contributed by atoms with Gasteiger partial charge in [0, 0.05) is 0 Å². The minimum absolute atomic E-state index is 0. The maximum absolute atomic E-state index is 2.99. The number of halogens is 2. The summed E-state index contributed by atoms with van der Waals surface area (Å²) >= 11 is 2.16. The Morgan fingerprint density at radius 2 is 1.04 bits per heavy atom. The molecule has 26 heavy (non-hydrogen) atoms. The second-order valence-electron chi connectivity index (χ2n) is 5.11. The quantitative estimate of drug-likeness (QED) is 0.455. The molecule has 2 aliphatic carbocycles. The van der Waals surface area contributed by atoms with Crippen LogP contribution in [0.5, 0.6) is 0 Å². The standard InChI is InChI=1S/C13H10.2C5H5.2ClH.Ti/c1-3-7-12(8-4-1)11-13-9-5-2-6-10-13;2*1-2-4-5-3-1;;;/h1-10H;2*1-3H,4H2;2*1H;/q;2*-1;;;+2/p-2. The molecule has 3 heteroatoms. The van der Waals surface area contributed by atoms with Gasteiger partial charge in [0.1, 0.15) is 0 Å². The third kappa shape index (κ3) is 9.89. The SMILES string of the molecule is [C-]1=CC=CC1.[C-]1=CC=CC1.[Cl-].[Cl-].[Ti+2]=[C](c1ccccc1)c1ccccc1. The Kier molecular flexibility index (Phi) is 14.9. The van der Waals surface area contributed by atoms with Crippen LogP contribution >= 0.6 is 0 Å². The van der Waals surface area contributed by atoms with Gasteiger partial charge in [0.05, 0.1) is 0 Å². The van der Waals surface area contributed by atoms with Crippen molar-refractivity contribution in [3.63, 3.8) is 0 Å². The summed E-state index contributed by atoms with van der Waals surface area (Å²) in [6.45, 7) is 0. The molecular formula is C23H20Cl2Ti-2. The molecule has 2 aliphatic rings. The van der Waals surface area contributed by atoms with Crippen LogP contribution < -0.4 is 24.8 Å². The number of benzene rings is 2. The van der Waals surface area contributed by atoms with Crippen molar-refractivity contribution >= 4 is 3.81 Å². The summed E-state index contributed by atoms with van der Waals surface area (Å²) in [6.07, 6.45) is 20.0. The fourth-order valence-electron chi connectivity index (χ4n) is 2.06. The molecule has 0 amide bonds. The van der Waals surface area contributed by atoms with E-state index in [1.807, 2.05) is 36.4 Å². The van der Waals surface area contributed by atoms with Gasteiger partial charge in [0.15, 0.2) is 0 Å². The second kappa shape index (κ2) is 15.8. The Morgan fingerprint density at radius 3 is 1.27 bits per heavy atom. The fourth-order valence-corrected chi connectivity index (χ4v) is 2.58. The third-order valence-corrected chi connectivity index (χ3v) is 4.20. The molecule has 0 heterocycles. The summed E-state index contributed by atoms with van der Waals surface area (Å²) in [4.78, 5) is 0. The van der Waals surface area contributed by atoms with Gasteiger partial charge in [-0.1, -0.05) is 0 Å². The molecule has 4 rings (SSSR count). The van der Waals surface area contributed by atoms with Crippen molar-refractivity contribution in [3.05, 3.63) is 120 Å². The maximum atomic E-state index is 2.99. The van der Waals surface area contributed by atoms with Crippen molar-refractivity contribution in [2.24, 2.45) is 0 Å². The van der Waals surface area contributed by atoms with Crippen LogP contribution in [0.25, 0.3) is 0 Å². The average molecular weight is 415 g/mol. The first-order valence-corrected chi connectivity index (χ1v) is 8.79. The van der Waals surface area contributed by atoms with Crippen molar-refractivity contribution in [3.8, 4) is 0 Å². The molecule has 2 aromatic rings. The van der Waals surface area contributed by atoms with Crippen LogP contribution in [0.2, 0.25) is 0 Å². The van der Waals surface area contributed by atoms with Gasteiger partial charge >= 0.3 is 95.6 Å². The van der Waals surface area contributed by atoms with Crippen LogP contribution in [-0.4, -0.2) is 3.81 Å². The molecule has 2 aromatic carbocycles. The van der Waals surface area contributed by atoms with Crippen molar-refractivity contribution in [1.29, 1.82) is 0 Å². The summed E-state index contributed by atoms with van der Waals surface area (Å²) in [5.41, 5.74) is 2.58. The van der Waals surface area contributed by atoms with Crippen LogP contribution in [0.15, 0.2) is 97.1 Å². The number of hydrogen-bond acceptors (Lipinski definition) is 0. The molecule has 0 unspecified atom stereocenters. The second-order valence-corrected chi connectivity index (χ2v) is 5.89. The molecule has 0 radical (unpaired) electrons. The fraction of sp³-hybridized carbons (Fsp3) is 0.0870. The first-order valence-electron chi connectivity index (χ1n) is 8.01. The summed E-state index contributed by atoms with van der Waals surface area (Å²) in [7, 11) is 0. The minimum atomic E-state index is 0. The predicted molar refractivity (Wildman–Crippen MR) is 99.2 cm³/mol. The molecule has 0 bridgehead atoms.